The van der Waals surface area contributed by atoms with Gasteiger partial charge in [0.05, 0.1) is 16.8 Å². The lowest BCUT2D eigenvalue weighted by Gasteiger charge is -2.04. The highest BCUT2D eigenvalue weighted by Gasteiger charge is 2.07. The summed E-state index contributed by atoms with van der Waals surface area (Å²) in [7, 11) is -2.94. The van der Waals surface area contributed by atoms with E-state index in [1.165, 1.54) is 6.26 Å². The van der Waals surface area contributed by atoms with Gasteiger partial charge in [-0.3, -0.25) is 0 Å². The van der Waals surface area contributed by atoms with E-state index < -0.39 is 9.84 Å². The van der Waals surface area contributed by atoms with Gasteiger partial charge in [-0.05, 0) is 36.8 Å². The molecule has 2 rings (SSSR count). The first-order chi connectivity index (χ1) is 8.37. The quantitative estimate of drug-likeness (QED) is 0.884. The van der Waals surface area contributed by atoms with Crippen molar-refractivity contribution in [3.8, 4) is 0 Å². The molecule has 0 atom stereocenters. The summed E-state index contributed by atoms with van der Waals surface area (Å²) in [5.41, 5.74) is 1.81. The Hall–Kier alpha value is -0.850. The molecule has 0 amide bonds. The Balaban J connectivity index is 2.30. The van der Waals surface area contributed by atoms with E-state index in [0.29, 0.717) is 22.8 Å². The Morgan fingerprint density at radius 1 is 1.44 bits per heavy atom. The van der Waals surface area contributed by atoms with Gasteiger partial charge in [-0.15, -0.1) is 0 Å². The number of H-pyrrole nitrogens is 1. The third kappa shape index (κ3) is 3.13. The standard InChI is InChI=1S/C11H13ClN2O2S2/c1-18(15,16)6-2-5-14-10-7-8(12)3-4-9(10)13-11(14)17/h3-4,7H,2,5-6H2,1H3,(H,13,17). The molecule has 7 heteroatoms. The predicted molar refractivity (Wildman–Crippen MR) is 76.5 cm³/mol. The van der Waals surface area contributed by atoms with Crippen molar-refractivity contribution in [2.75, 3.05) is 12.0 Å². The summed E-state index contributed by atoms with van der Waals surface area (Å²) in [4.78, 5) is 3.07. The van der Waals surface area contributed by atoms with Crippen LogP contribution in [0.3, 0.4) is 0 Å². The molecule has 0 fully saturated rings. The molecule has 0 spiro atoms. The lowest BCUT2D eigenvalue weighted by atomic mass is 10.3. The molecule has 2 aromatic rings. The molecular weight excluding hydrogens is 292 g/mol. The van der Waals surface area contributed by atoms with E-state index >= 15 is 0 Å². The third-order valence-electron chi connectivity index (χ3n) is 2.63. The van der Waals surface area contributed by atoms with Gasteiger partial charge in [0, 0.05) is 17.8 Å². The molecule has 0 unspecified atom stereocenters. The molecule has 0 saturated heterocycles. The molecule has 0 aliphatic rings. The third-order valence-corrected chi connectivity index (χ3v) is 4.22. The number of halogens is 1. The summed E-state index contributed by atoms with van der Waals surface area (Å²) in [5, 5.41) is 0.633. The molecule has 1 heterocycles. The van der Waals surface area contributed by atoms with E-state index in [0.717, 1.165) is 11.0 Å². The summed E-state index contributed by atoms with van der Waals surface area (Å²) in [6.07, 6.45) is 1.77. The van der Waals surface area contributed by atoms with Gasteiger partial charge < -0.3 is 9.55 Å². The Morgan fingerprint density at radius 3 is 2.83 bits per heavy atom. The Bertz CT molecular complexity index is 731. The number of hydrogen-bond acceptors (Lipinski definition) is 3. The highest BCUT2D eigenvalue weighted by atomic mass is 35.5. The summed E-state index contributed by atoms with van der Waals surface area (Å²) in [6.45, 7) is 0.562. The number of aryl methyl sites for hydroxylation is 1. The summed E-state index contributed by atoms with van der Waals surface area (Å²) in [5.74, 6) is 0.155. The van der Waals surface area contributed by atoms with Gasteiger partial charge in [0.25, 0.3) is 0 Å². The lowest BCUT2D eigenvalue weighted by molar-refractivity contribution is 0.592. The van der Waals surface area contributed by atoms with E-state index in [-0.39, 0.29) is 5.75 Å². The largest absolute Gasteiger partial charge is 0.331 e. The van der Waals surface area contributed by atoms with Crippen LogP contribution in [-0.4, -0.2) is 30.0 Å². The minimum absolute atomic E-state index is 0.155. The topological polar surface area (TPSA) is 54.9 Å². The van der Waals surface area contributed by atoms with Gasteiger partial charge in [-0.1, -0.05) is 11.6 Å². The fourth-order valence-corrected chi connectivity index (χ4v) is 2.95. The lowest BCUT2D eigenvalue weighted by Crippen LogP contribution is -2.07. The molecule has 98 valence electrons. The zero-order valence-corrected chi connectivity index (χ0v) is 12.2. The smallest absolute Gasteiger partial charge is 0.178 e. The van der Waals surface area contributed by atoms with E-state index in [4.69, 9.17) is 23.8 Å². The van der Waals surface area contributed by atoms with Crippen molar-refractivity contribution in [1.29, 1.82) is 0 Å². The highest BCUT2D eigenvalue weighted by molar-refractivity contribution is 7.90. The molecular formula is C11H13ClN2O2S2. The first kappa shape index (κ1) is 13.6. The number of aromatic amines is 1. The van der Waals surface area contributed by atoms with Crippen LogP contribution in [0.2, 0.25) is 5.02 Å². The Kier molecular flexibility index (Phi) is 3.79. The summed E-state index contributed by atoms with van der Waals surface area (Å²) >= 11 is 11.2. The number of nitrogens with zero attached hydrogens (tertiary/aromatic N) is 1. The first-order valence-electron chi connectivity index (χ1n) is 5.42. The minimum Gasteiger partial charge on any atom is -0.331 e. The monoisotopic (exact) mass is 304 g/mol. The van der Waals surface area contributed by atoms with Crippen molar-refractivity contribution in [2.45, 2.75) is 13.0 Å². The number of rotatable bonds is 4. The molecule has 0 saturated carbocycles. The first-order valence-corrected chi connectivity index (χ1v) is 8.27. The van der Waals surface area contributed by atoms with E-state index in [1.807, 2.05) is 16.7 Å². The molecule has 0 aliphatic carbocycles. The maximum atomic E-state index is 11.1. The molecule has 18 heavy (non-hydrogen) atoms. The SMILES string of the molecule is CS(=O)(=O)CCCn1c(=S)[nH]c2ccc(Cl)cc21. The van der Waals surface area contributed by atoms with Crippen molar-refractivity contribution in [3.63, 3.8) is 0 Å². The molecule has 1 aromatic heterocycles. The van der Waals surface area contributed by atoms with Crippen LogP contribution >= 0.6 is 23.8 Å². The average molecular weight is 305 g/mol. The number of nitrogens with one attached hydrogen (secondary N) is 1. The molecule has 0 bridgehead atoms. The second-order valence-electron chi connectivity index (χ2n) is 4.23. The second-order valence-corrected chi connectivity index (χ2v) is 7.31. The van der Waals surface area contributed by atoms with Crippen LogP contribution in [0.1, 0.15) is 6.42 Å². The number of fused-ring (bicyclic) bond motifs is 1. The van der Waals surface area contributed by atoms with Crippen LogP contribution in [0.15, 0.2) is 18.2 Å². The molecule has 0 radical (unpaired) electrons. The van der Waals surface area contributed by atoms with E-state index in [1.54, 1.807) is 6.07 Å². The highest BCUT2D eigenvalue weighted by Crippen LogP contribution is 2.19. The van der Waals surface area contributed by atoms with Crippen LogP contribution in [0, 0.1) is 4.77 Å². The average Bonchev–Trinajstić information content (AvgIpc) is 2.54. The van der Waals surface area contributed by atoms with Gasteiger partial charge in [0.15, 0.2) is 4.77 Å². The normalized spacial score (nSPS) is 12.1. The number of benzene rings is 1. The van der Waals surface area contributed by atoms with Crippen molar-refractivity contribution in [3.05, 3.63) is 28.0 Å². The summed E-state index contributed by atoms with van der Waals surface area (Å²) < 4.78 is 24.7. The molecule has 4 nitrogen and oxygen atoms in total. The molecule has 0 aliphatic heterocycles. The number of aromatic nitrogens is 2. The number of imidazole rings is 1. The van der Waals surface area contributed by atoms with Crippen molar-refractivity contribution < 1.29 is 8.42 Å². The second kappa shape index (κ2) is 5.03. The Labute approximate surface area is 115 Å². The van der Waals surface area contributed by atoms with Crippen LogP contribution in [0.4, 0.5) is 0 Å². The van der Waals surface area contributed by atoms with E-state index in [2.05, 4.69) is 4.98 Å². The summed E-state index contributed by atoms with van der Waals surface area (Å²) in [6, 6.07) is 5.47. The van der Waals surface area contributed by atoms with E-state index in [9.17, 15) is 8.42 Å². The Morgan fingerprint density at radius 2 is 2.17 bits per heavy atom. The fraction of sp³-hybridized carbons (Fsp3) is 0.364. The predicted octanol–water partition coefficient (Wildman–Crippen LogP) is 2.79. The van der Waals surface area contributed by atoms with Gasteiger partial charge in [-0.2, -0.15) is 0 Å². The van der Waals surface area contributed by atoms with Gasteiger partial charge in [0.1, 0.15) is 9.84 Å². The maximum Gasteiger partial charge on any atom is 0.178 e. The van der Waals surface area contributed by atoms with Crippen molar-refractivity contribution >= 4 is 44.7 Å². The zero-order valence-electron chi connectivity index (χ0n) is 9.81. The fourth-order valence-electron chi connectivity index (χ4n) is 1.83. The van der Waals surface area contributed by atoms with Crippen LogP contribution in [0.25, 0.3) is 11.0 Å². The van der Waals surface area contributed by atoms with Gasteiger partial charge in [0.2, 0.25) is 0 Å². The number of hydrogen-bond donors (Lipinski definition) is 1. The maximum absolute atomic E-state index is 11.1. The number of sulfone groups is 1. The minimum atomic E-state index is -2.94. The molecule has 1 N–H and O–H groups in total. The van der Waals surface area contributed by atoms with Gasteiger partial charge in [-0.25, -0.2) is 8.42 Å². The van der Waals surface area contributed by atoms with Crippen LogP contribution in [0.5, 0.6) is 0 Å². The van der Waals surface area contributed by atoms with Crippen LogP contribution in [-0.2, 0) is 16.4 Å². The molecule has 1 aromatic carbocycles. The van der Waals surface area contributed by atoms with Gasteiger partial charge >= 0.3 is 0 Å². The van der Waals surface area contributed by atoms with Crippen molar-refractivity contribution in [1.82, 2.24) is 9.55 Å². The zero-order chi connectivity index (χ0) is 13.3. The van der Waals surface area contributed by atoms with Crippen molar-refractivity contribution in [2.24, 2.45) is 0 Å². The van der Waals surface area contributed by atoms with Crippen LogP contribution < -0.4 is 0 Å².